The molecule has 0 radical (unpaired) electrons. The smallest absolute Gasteiger partial charge is 0.545 e. The predicted molar refractivity (Wildman–Crippen MR) is 105 cm³/mol. The third-order valence-electron chi connectivity index (χ3n) is 4.07. The zero-order valence-corrected chi connectivity index (χ0v) is 21.8. The predicted octanol–water partition coefficient (Wildman–Crippen LogP) is -4.76. The van der Waals surface area contributed by atoms with Crippen molar-refractivity contribution in [1.82, 2.24) is 0 Å². The Hall–Kier alpha value is -4.27. The van der Waals surface area contributed by atoms with Crippen LogP contribution in [0.4, 0.5) is 0 Å². The van der Waals surface area contributed by atoms with E-state index >= 15 is 0 Å². The van der Waals surface area contributed by atoms with Gasteiger partial charge in [0.2, 0.25) is 0 Å². The summed E-state index contributed by atoms with van der Waals surface area (Å²) in [6, 6.07) is 13.8. The molecule has 0 bridgehead atoms. The Morgan fingerprint density at radius 3 is 0.421 bits per heavy atom. The summed E-state index contributed by atoms with van der Waals surface area (Å²) >= 11 is 0. The van der Waals surface area contributed by atoms with Crippen molar-refractivity contribution in [2.45, 2.75) is 0 Å². The Balaban J connectivity index is 0. The van der Waals surface area contributed by atoms with E-state index in [0.717, 1.165) is 72.8 Å². The van der Waals surface area contributed by atoms with E-state index < -0.39 is 35.8 Å². The molecule has 0 heterocycles. The number of hydrogen-bond acceptors (Lipinski definition) is 12. The first-order valence-corrected chi connectivity index (χ1v) is 9.41. The number of carboxylic acids is 6. The molecule has 0 N–H and O–H groups in total. The number of carbonyl (C=O) groups excluding carboxylic acids is 6. The maximum atomic E-state index is 10.2. The van der Waals surface area contributed by atoms with Crippen LogP contribution in [-0.2, 0) is 39.0 Å². The van der Waals surface area contributed by atoms with E-state index in [1.54, 1.807) is 0 Å². The van der Waals surface area contributed by atoms with Gasteiger partial charge in [-0.3, -0.25) is 0 Å². The molecule has 0 fully saturated rings. The zero-order valence-electron chi connectivity index (χ0n) is 18.5. The van der Waals surface area contributed by atoms with Crippen LogP contribution >= 0.6 is 0 Å². The van der Waals surface area contributed by atoms with Gasteiger partial charge in [0.25, 0.3) is 0 Å². The van der Waals surface area contributed by atoms with E-state index in [9.17, 15) is 59.4 Å². The number of carboxylic acid groups (broad SMARTS) is 6. The summed E-state index contributed by atoms with van der Waals surface area (Å²) < 4.78 is 0. The Labute approximate surface area is 239 Å². The van der Waals surface area contributed by atoms with Crippen molar-refractivity contribution in [3.05, 3.63) is 106 Å². The molecule has 3 aromatic carbocycles. The quantitative estimate of drug-likeness (QED) is 0.221. The van der Waals surface area contributed by atoms with Crippen molar-refractivity contribution < 1.29 is 98.4 Å². The molecule has 38 heavy (non-hydrogen) atoms. The number of rotatable bonds is 6. The van der Waals surface area contributed by atoms with Gasteiger partial charge in [0.1, 0.15) is 0 Å². The number of aromatic carboxylic acids is 6. The summed E-state index contributed by atoms with van der Waals surface area (Å²) in [5.74, 6) is -8.00. The van der Waals surface area contributed by atoms with E-state index in [1.807, 2.05) is 0 Å². The Morgan fingerprint density at radius 2 is 0.368 bits per heavy atom. The minimum atomic E-state index is -1.33. The largest absolute Gasteiger partial charge is 3.00 e. The minimum absolute atomic E-state index is 0. The molecule has 14 heteroatoms. The summed E-state index contributed by atoms with van der Waals surface area (Å²) in [4.78, 5) is 61.2. The van der Waals surface area contributed by atoms with E-state index in [-0.39, 0.29) is 72.3 Å². The standard InChI is InChI=1S/3C8H6O4.2Rh/c3*9-7(10)5-1-2-6(4-3-5)8(11)12;;/h3*1-4H,(H,9,10)(H,11,12);;/q;;;2*+3/p-6. The molecule has 3 aromatic rings. The van der Waals surface area contributed by atoms with Gasteiger partial charge >= 0.3 is 39.0 Å². The Bertz CT molecular complexity index is 1010. The van der Waals surface area contributed by atoms with Crippen molar-refractivity contribution >= 4 is 35.8 Å². The van der Waals surface area contributed by atoms with Gasteiger partial charge < -0.3 is 59.4 Å². The maximum absolute atomic E-state index is 10.2. The molecule has 0 aromatic heterocycles. The first kappa shape index (κ1) is 35.9. The first-order chi connectivity index (χ1) is 16.8. The molecular formula is C24H12O12Rh2. The van der Waals surface area contributed by atoms with Crippen molar-refractivity contribution in [3.63, 3.8) is 0 Å². The average Bonchev–Trinajstić information content (AvgIpc) is 2.84. The van der Waals surface area contributed by atoms with Gasteiger partial charge in [-0.05, 0) is 33.4 Å². The van der Waals surface area contributed by atoms with Crippen molar-refractivity contribution in [1.29, 1.82) is 0 Å². The molecule has 0 saturated carbocycles. The molecule has 0 spiro atoms. The second-order valence-corrected chi connectivity index (χ2v) is 6.46. The Kier molecular flexibility index (Phi) is 16.3. The fourth-order valence-electron chi connectivity index (χ4n) is 2.23. The topological polar surface area (TPSA) is 241 Å². The van der Waals surface area contributed by atoms with E-state index in [0.29, 0.717) is 0 Å². The number of benzene rings is 3. The van der Waals surface area contributed by atoms with Gasteiger partial charge in [0.15, 0.2) is 0 Å². The van der Waals surface area contributed by atoms with Crippen LogP contribution in [-0.4, -0.2) is 35.8 Å². The van der Waals surface area contributed by atoms with Crippen LogP contribution in [0.3, 0.4) is 0 Å². The molecule has 0 unspecified atom stereocenters. The monoisotopic (exact) mass is 698 g/mol. The van der Waals surface area contributed by atoms with Crippen LogP contribution in [0.5, 0.6) is 0 Å². The molecule has 3 rings (SSSR count). The number of hydrogen-bond donors (Lipinski definition) is 0. The van der Waals surface area contributed by atoms with E-state index in [2.05, 4.69) is 0 Å². The van der Waals surface area contributed by atoms with Crippen LogP contribution in [0, 0.1) is 0 Å². The van der Waals surface area contributed by atoms with Gasteiger partial charge in [0.05, 0.1) is 35.8 Å². The summed E-state index contributed by atoms with van der Waals surface area (Å²) in [7, 11) is 0. The van der Waals surface area contributed by atoms with E-state index in [4.69, 9.17) is 0 Å². The van der Waals surface area contributed by atoms with Crippen LogP contribution < -0.4 is 30.6 Å². The van der Waals surface area contributed by atoms with Crippen molar-refractivity contribution in [3.8, 4) is 0 Å². The summed E-state index contributed by atoms with van der Waals surface area (Å²) in [5.41, 5.74) is -0.333. The van der Waals surface area contributed by atoms with Crippen molar-refractivity contribution in [2.24, 2.45) is 0 Å². The molecule has 0 atom stereocenters. The van der Waals surface area contributed by atoms with Crippen LogP contribution in [0.1, 0.15) is 62.1 Å². The van der Waals surface area contributed by atoms with Gasteiger partial charge in [0, 0.05) is 0 Å². The summed E-state index contributed by atoms with van der Waals surface area (Å²) in [5, 5.41) is 61.2. The van der Waals surface area contributed by atoms with E-state index in [1.165, 1.54) is 0 Å². The molecular weight excluding hydrogens is 686 g/mol. The first-order valence-electron chi connectivity index (χ1n) is 9.41. The SMILES string of the molecule is O=C([O-])c1ccc(C(=O)[O-])cc1.O=C([O-])c1ccc(C(=O)[O-])cc1.O=C([O-])c1ccc(C(=O)[O-])cc1.[Rh+3].[Rh+3]. The van der Waals surface area contributed by atoms with Crippen LogP contribution in [0.2, 0.25) is 0 Å². The fourth-order valence-corrected chi connectivity index (χ4v) is 2.23. The van der Waals surface area contributed by atoms with Crippen LogP contribution in [0.15, 0.2) is 72.8 Å². The van der Waals surface area contributed by atoms with Crippen molar-refractivity contribution in [2.75, 3.05) is 0 Å². The molecule has 0 aliphatic carbocycles. The number of carbonyl (C=O) groups is 6. The van der Waals surface area contributed by atoms with Gasteiger partial charge in [-0.2, -0.15) is 0 Å². The molecule has 198 valence electrons. The minimum Gasteiger partial charge on any atom is -0.545 e. The van der Waals surface area contributed by atoms with Gasteiger partial charge in [-0.1, -0.05) is 72.8 Å². The third kappa shape index (κ3) is 12.1. The molecule has 0 amide bonds. The maximum Gasteiger partial charge on any atom is 3.00 e. The zero-order chi connectivity index (χ0) is 27.4. The molecule has 0 saturated heterocycles. The molecule has 0 aliphatic heterocycles. The van der Waals surface area contributed by atoms with Gasteiger partial charge in [-0.15, -0.1) is 0 Å². The molecule has 12 nitrogen and oxygen atoms in total. The second kappa shape index (κ2) is 17.2. The average molecular weight is 698 g/mol. The second-order valence-electron chi connectivity index (χ2n) is 6.46. The van der Waals surface area contributed by atoms with Crippen LogP contribution in [0.25, 0.3) is 0 Å². The molecule has 0 aliphatic rings. The summed E-state index contributed by atoms with van der Waals surface area (Å²) in [6.07, 6.45) is 0. The van der Waals surface area contributed by atoms with Gasteiger partial charge in [-0.25, -0.2) is 0 Å². The normalized spacial score (nSPS) is 8.84. The summed E-state index contributed by atoms with van der Waals surface area (Å²) in [6.45, 7) is 0. The third-order valence-corrected chi connectivity index (χ3v) is 4.07. The Morgan fingerprint density at radius 1 is 0.289 bits per heavy atom. The fraction of sp³-hybridized carbons (Fsp3) is 0.